The van der Waals surface area contributed by atoms with Crippen LogP contribution in [0.2, 0.25) is 0 Å². The third-order valence-electron chi connectivity index (χ3n) is 5.24. The molecule has 1 aliphatic heterocycles. The van der Waals surface area contributed by atoms with Crippen molar-refractivity contribution in [1.29, 1.82) is 0 Å². The second-order valence-corrected chi connectivity index (χ2v) is 7.61. The van der Waals surface area contributed by atoms with E-state index in [-0.39, 0.29) is 17.2 Å². The minimum atomic E-state index is -0.122. The van der Waals surface area contributed by atoms with Crippen molar-refractivity contribution in [3.05, 3.63) is 82.1 Å². The van der Waals surface area contributed by atoms with Gasteiger partial charge in [0.2, 0.25) is 0 Å². The highest BCUT2D eigenvalue weighted by Crippen LogP contribution is 2.31. The van der Waals surface area contributed by atoms with E-state index in [0.717, 1.165) is 23.0 Å². The average Bonchev–Trinajstić information content (AvgIpc) is 2.64. The van der Waals surface area contributed by atoms with Gasteiger partial charge in [-0.3, -0.25) is 9.69 Å². The molecule has 0 amide bonds. The molecule has 0 radical (unpaired) electrons. The molecule has 2 heterocycles. The van der Waals surface area contributed by atoms with Gasteiger partial charge in [0.05, 0.1) is 12.7 Å². The summed E-state index contributed by atoms with van der Waals surface area (Å²) >= 11 is 0. The maximum absolute atomic E-state index is 12.6. The summed E-state index contributed by atoms with van der Waals surface area (Å²) in [5, 5.41) is 1.06. The number of morpholine rings is 1. The summed E-state index contributed by atoms with van der Waals surface area (Å²) in [5.41, 5.74) is 2.72. The van der Waals surface area contributed by atoms with Crippen molar-refractivity contribution in [1.82, 2.24) is 9.88 Å². The molecule has 0 bridgehead atoms. The lowest BCUT2D eigenvalue weighted by molar-refractivity contribution is -0.104. The highest BCUT2D eigenvalue weighted by molar-refractivity contribution is 5.78. The summed E-state index contributed by atoms with van der Waals surface area (Å²) < 4.78 is 6.12. The Balaban J connectivity index is 1.63. The largest absolute Gasteiger partial charge is 0.370 e. The second-order valence-electron chi connectivity index (χ2n) is 7.61. The van der Waals surface area contributed by atoms with Gasteiger partial charge in [-0.05, 0) is 36.9 Å². The summed E-state index contributed by atoms with van der Waals surface area (Å²) in [6, 6.07) is 20.2. The number of aromatic amines is 1. The van der Waals surface area contributed by atoms with Crippen molar-refractivity contribution in [3.8, 4) is 0 Å². The number of nitrogens with one attached hydrogen (secondary N) is 1. The Morgan fingerprint density at radius 1 is 1.12 bits per heavy atom. The van der Waals surface area contributed by atoms with Crippen molar-refractivity contribution in [3.63, 3.8) is 0 Å². The Bertz CT molecular complexity index is 963. The zero-order valence-electron chi connectivity index (χ0n) is 15.2. The van der Waals surface area contributed by atoms with E-state index in [9.17, 15) is 4.79 Å². The second kappa shape index (κ2) is 6.71. The Morgan fingerprint density at radius 2 is 1.85 bits per heavy atom. The first-order valence-electron chi connectivity index (χ1n) is 9.05. The molecule has 3 aromatic rings. The van der Waals surface area contributed by atoms with Crippen molar-refractivity contribution >= 4 is 10.9 Å². The van der Waals surface area contributed by atoms with Gasteiger partial charge < -0.3 is 9.72 Å². The van der Waals surface area contributed by atoms with Gasteiger partial charge in [0.15, 0.2) is 0 Å². The molecule has 0 saturated carbocycles. The average molecular weight is 348 g/mol. The number of benzene rings is 2. The van der Waals surface area contributed by atoms with Gasteiger partial charge in [-0.1, -0.05) is 48.5 Å². The molecule has 1 saturated heterocycles. The third kappa shape index (κ3) is 3.30. The van der Waals surface area contributed by atoms with E-state index in [4.69, 9.17) is 4.74 Å². The first-order valence-corrected chi connectivity index (χ1v) is 9.05. The molecular weight excluding hydrogens is 324 g/mol. The molecule has 0 aliphatic carbocycles. The molecule has 1 aromatic heterocycles. The fraction of sp³-hybridized carbons (Fsp3) is 0.318. The maximum atomic E-state index is 12.6. The topological polar surface area (TPSA) is 45.3 Å². The van der Waals surface area contributed by atoms with Crippen LogP contribution in [0.5, 0.6) is 0 Å². The molecule has 4 heteroatoms. The van der Waals surface area contributed by atoms with Gasteiger partial charge in [-0.25, -0.2) is 0 Å². The van der Waals surface area contributed by atoms with Crippen molar-refractivity contribution in [2.45, 2.75) is 32.0 Å². The number of hydrogen-bond donors (Lipinski definition) is 1. The molecule has 1 fully saturated rings. The molecule has 0 spiro atoms. The summed E-state index contributed by atoms with van der Waals surface area (Å²) in [5.74, 6) is 0. The minimum absolute atomic E-state index is 0.0118. The number of nitrogens with zero attached hydrogens (tertiary/aromatic N) is 1. The summed E-state index contributed by atoms with van der Waals surface area (Å²) in [7, 11) is 0. The normalized spacial score (nSPS) is 20.3. The van der Waals surface area contributed by atoms with Gasteiger partial charge in [0.25, 0.3) is 5.56 Å². The van der Waals surface area contributed by atoms with Crippen LogP contribution in [0.4, 0.5) is 0 Å². The number of pyridine rings is 1. The van der Waals surface area contributed by atoms with Crippen LogP contribution in [-0.2, 0) is 11.3 Å². The lowest BCUT2D eigenvalue weighted by atomic mass is 9.97. The van der Waals surface area contributed by atoms with Crippen molar-refractivity contribution < 1.29 is 4.74 Å². The fourth-order valence-corrected chi connectivity index (χ4v) is 3.56. The molecule has 1 N–H and O–H groups in total. The van der Waals surface area contributed by atoms with E-state index in [1.165, 1.54) is 5.56 Å². The smallest absolute Gasteiger partial charge is 0.252 e. The highest BCUT2D eigenvalue weighted by atomic mass is 16.5. The lowest BCUT2D eigenvalue weighted by Gasteiger charge is -2.45. The molecule has 26 heavy (non-hydrogen) atoms. The van der Waals surface area contributed by atoms with E-state index in [0.29, 0.717) is 13.2 Å². The first kappa shape index (κ1) is 17.0. The third-order valence-corrected chi connectivity index (χ3v) is 5.24. The predicted octanol–water partition coefficient (Wildman–Crippen LogP) is 3.88. The number of aromatic nitrogens is 1. The van der Waals surface area contributed by atoms with Crippen LogP contribution >= 0.6 is 0 Å². The SMILES string of the molecule is CC1(C)COC(c2ccccc2)CN1Cc1cc2ccccc2[nH]c1=O. The van der Waals surface area contributed by atoms with Crippen molar-refractivity contribution in [2.75, 3.05) is 13.2 Å². The van der Waals surface area contributed by atoms with E-state index in [2.05, 4.69) is 35.9 Å². The van der Waals surface area contributed by atoms with E-state index >= 15 is 0 Å². The van der Waals surface area contributed by atoms with Crippen LogP contribution in [0.1, 0.15) is 31.1 Å². The minimum Gasteiger partial charge on any atom is -0.370 e. The Hall–Kier alpha value is -2.43. The zero-order chi connectivity index (χ0) is 18.1. The fourth-order valence-electron chi connectivity index (χ4n) is 3.56. The van der Waals surface area contributed by atoms with Crippen LogP contribution in [0, 0.1) is 0 Å². The molecule has 1 aliphatic rings. The molecule has 1 unspecified atom stereocenters. The van der Waals surface area contributed by atoms with Crippen molar-refractivity contribution in [2.24, 2.45) is 0 Å². The summed E-state index contributed by atoms with van der Waals surface area (Å²) in [6.45, 7) is 6.36. The van der Waals surface area contributed by atoms with Crippen LogP contribution in [0.15, 0.2) is 65.5 Å². The van der Waals surface area contributed by atoms with E-state index in [1.54, 1.807) is 0 Å². The number of fused-ring (bicyclic) bond motifs is 1. The lowest BCUT2D eigenvalue weighted by Crippen LogP contribution is -2.53. The monoisotopic (exact) mass is 348 g/mol. The van der Waals surface area contributed by atoms with Gasteiger partial charge in [-0.15, -0.1) is 0 Å². The van der Waals surface area contributed by atoms with E-state index in [1.807, 2.05) is 48.5 Å². The van der Waals surface area contributed by atoms with Crippen LogP contribution in [0.3, 0.4) is 0 Å². The number of hydrogen-bond acceptors (Lipinski definition) is 3. The Labute approximate surface area is 153 Å². The highest BCUT2D eigenvalue weighted by Gasteiger charge is 2.35. The summed E-state index contributed by atoms with van der Waals surface area (Å²) in [6.07, 6.45) is 0.0313. The quantitative estimate of drug-likeness (QED) is 0.781. The molecular formula is C22H24N2O2. The van der Waals surface area contributed by atoms with Crippen LogP contribution in [-0.4, -0.2) is 28.6 Å². The van der Waals surface area contributed by atoms with Gasteiger partial charge >= 0.3 is 0 Å². The Kier molecular flexibility index (Phi) is 4.39. The zero-order valence-corrected chi connectivity index (χ0v) is 15.2. The van der Waals surface area contributed by atoms with E-state index < -0.39 is 0 Å². The number of para-hydroxylation sites is 1. The molecule has 2 aromatic carbocycles. The predicted molar refractivity (Wildman–Crippen MR) is 104 cm³/mol. The maximum Gasteiger partial charge on any atom is 0.252 e. The molecule has 4 nitrogen and oxygen atoms in total. The molecule has 134 valence electrons. The first-order chi connectivity index (χ1) is 12.5. The number of ether oxygens (including phenoxy) is 1. The summed E-state index contributed by atoms with van der Waals surface area (Å²) in [4.78, 5) is 17.9. The van der Waals surface area contributed by atoms with Gasteiger partial charge in [0, 0.05) is 29.7 Å². The molecule has 1 atom stereocenters. The molecule has 4 rings (SSSR count). The number of H-pyrrole nitrogens is 1. The van der Waals surface area contributed by atoms with Crippen LogP contribution < -0.4 is 5.56 Å². The van der Waals surface area contributed by atoms with Crippen LogP contribution in [0.25, 0.3) is 10.9 Å². The Morgan fingerprint density at radius 3 is 2.65 bits per heavy atom. The van der Waals surface area contributed by atoms with Gasteiger partial charge in [0.1, 0.15) is 0 Å². The standard InChI is InChI=1S/C22H24N2O2/c1-22(2)15-26-20(16-8-4-3-5-9-16)14-24(22)13-18-12-17-10-6-7-11-19(17)23-21(18)25/h3-12,20H,13-15H2,1-2H3,(H,23,25). The van der Waals surface area contributed by atoms with Gasteiger partial charge in [-0.2, -0.15) is 0 Å². The number of rotatable bonds is 3.